The van der Waals surface area contributed by atoms with Crippen molar-refractivity contribution in [2.45, 2.75) is 39.8 Å². The van der Waals surface area contributed by atoms with Gasteiger partial charge < -0.3 is 5.32 Å². The van der Waals surface area contributed by atoms with Crippen LogP contribution < -0.4 is 5.32 Å². The Labute approximate surface area is 76.3 Å². The van der Waals surface area contributed by atoms with Crippen molar-refractivity contribution >= 4 is 0 Å². The molecule has 1 fully saturated rings. The zero-order valence-electron chi connectivity index (χ0n) is 8.80. The zero-order chi connectivity index (χ0) is 9.14. The molecule has 1 saturated heterocycles. The summed E-state index contributed by atoms with van der Waals surface area (Å²) in [6.07, 6.45) is 0. The standard InChI is InChI=1S/C10H22N2/c1-8(2)10(4)12-6-5-11-9(3)7-12/h8-11H,5-7H2,1-4H3. The largest absolute Gasteiger partial charge is 0.312 e. The predicted molar refractivity (Wildman–Crippen MR) is 53.3 cm³/mol. The van der Waals surface area contributed by atoms with Crippen LogP contribution in [0.25, 0.3) is 0 Å². The van der Waals surface area contributed by atoms with Gasteiger partial charge in [0.1, 0.15) is 0 Å². The maximum atomic E-state index is 3.46. The van der Waals surface area contributed by atoms with E-state index in [0.29, 0.717) is 6.04 Å². The second-order valence-corrected chi connectivity index (χ2v) is 4.33. The van der Waals surface area contributed by atoms with Crippen molar-refractivity contribution in [2.24, 2.45) is 5.92 Å². The van der Waals surface area contributed by atoms with Crippen molar-refractivity contribution in [1.82, 2.24) is 10.2 Å². The van der Waals surface area contributed by atoms with Crippen LogP contribution in [-0.2, 0) is 0 Å². The molecule has 1 heterocycles. The van der Waals surface area contributed by atoms with Gasteiger partial charge in [-0.15, -0.1) is 0 Å². The van der Waals surface area contributed by atoms with E-state index in [2.05, 4.69) is 37.9 Å². The number of piperazine rings is 1. The van der Waals surface area contributed by atoms with Crippen molar-refractivity contribution in [1.29, 1.82) is 0 Å². The van der Waals surface area contributed by atoms with E-state index in [1.54, 1.807) is 0 Å². The molecule has 1 aliphatic heterocycles. The van der Waals surface area contributed by atoms with Crippen molar-refractivity contribution in [3.63, 3.8) is 0 Å². The lowest BCUT2D eigenvalue weighted by Crippen LogP contribution is -2.53. The Morgan fingerprint density at radius 3 is 2.50 bits per heavy atom. The number of rotatable bonds is 2. The molecule has 0 aromatic rings. The van der Waals surface area contributed by atoms with Gasteiger partial charge in [-0.2, -0.15) is 0 Å². The summed E-state index contributed by atoms with van der Waals surface area (Å²) >= 11 is 0. The molecule has 0 amide bonds. The minimum Gasteiger partial charge on any atom is -0.312 e. The molecule has 0 saturated carbocycles. The maximum Gasteiger partial charge on any atom is 0.0167 e. The summed E-state index contributed by atoms with van der Waals surface area (Å²) in [4.78, 5) is 2.59. The average molecular weight is 170 g/mol. The highest BCUT2D eigenvalue weighted by Gasteiger charge is 2.21. The van der Waals surface area contributed by atoms with E-state index in [4.69, 9.17) is 0 Å². The lowest BCUT2D eigenvalue weighted by atomic mass is 10.0. The molecular weight excluding hydrogens is 148 g/mol. The molecule has 0 aromatic heterocycles. The molecule has 2 nitrogen and oxygen atoms in total. The topological polar surface area (TPSA) is 15.3 Å². The van der Waals surface area contributed by atoms with E-state index in [1.165, 1.54) is 13.1 Å². The first-order chi connectivity index (χ1) is 5.61. The van der Waals surface area contributed by atoms with Crippen LogP contribution in [0, 0.1) is 5.92 Å². The Kier molecular flexibility index (Phi) is 3.53. The third-order valence-corrected chi connectivity index (χ3v) is 2.94. The average Bonchev–Trinajstić information content (AvgIpc) is 2.03. The molecule has 1 aliphatic rings. The Balaban J connectivity index is 2.40. The predicted octanol–water partition coefficient (Wildman–Crippen LogP) is 1.32. The highest BCUT2D eigenvalue weighted by molar-refractivity contribution is 4.79. The minimum absolute atomic E-state index is 0.667. The van der Waals surface area contributed by atoms with Gasteiger partial charge in [0, 0.05) is 31.7 Å². The Bertz CT molecular complexity index is 134. The second-order valence-electron chi connectivity index (χ2n) is 4.33. The summed E-state index contributed by atoms with van der Waals surface area (Å²) in [6.45, 7) is 12.8. The molecule has 0 bridgehead atoms. The summed E-state index contributed by atoms with van der Waals surface area (Å²) < 4.78 is 0. The van der Waals surface area contributed by atoms with Gasteiger partial charge in [-0.25, -0.2) is 0 Å². The van der Waals surface area contributed by atoms with Gasteiger partial charge in [-0.3, -0.25) is 4.90 Å². The van der Waals surface area contributed by atoms with Gasteiger partial charge >= 0.3 is 0 Å². The van der Waals surface area contributed by atoms with Gasteiger partial charge in [0.05, 0.1) is 0 Å². The van der Waals surface area contributed by atoms with E-state index >= 15 is 0 Å². The molecule has 2 unspecified atom stereocenters. The molecule has 12 heavy (non-hydrogen) atoms. The van der Waals surface area contributed by atoms with Crippen LogP contribution in [0.2, 0.25) is 0 Å². The van der Waals surface area contributed by atoms with E-state index in [9.17, 15) is 0 Å². The summed E-state index contributed by atoms with van der Waals surface area (Å²) in [5.74, 6) is 0.773. The van der Waals surface area contributed by atoms with Gasteiger partial charge in [-0.05, 0) is 19.8 Å². The maximum absolute atomic E-state index is 3.46. The highest BCUT2D eigenvalue weighted by Crippen LogP contribution is 2.11. The molecule has 0 radical (unpaired) electrons. The molecule has 1 rings (SSSR count). The lowest BCUT2D eigenvalue weighted by molar-refractivity contribution is 0.128. The molecule has 72 valence electrons. The number of nitrogens with one attached hydrogen (secondary N) is 1. The number of hydrogen-bond donors (Lipinski definition) is 1. The van der Waals surface area contributed by atoms with Crippen LogP contribution in [0.5, 0.6) is 0 Å². The summed E-state index contributed by atoms with van der Waals surface area (Å²) in [7, 11) is 0. The first kappa shape index (κ1) is 10.0. The van der Waals surface area contributed by atoms with Crippen LogP contribution in [-0.4, -0.2) is 36.6 Å². The molecule has 2 atom stereocenters. The SMILES string of the molecule is CC1CN(C(C)C(C)C)CCN1. The van der Waals surface area contributed by atoms with E-state index < -0.39 is 0 Å². The van der Waals surface area contributed by atoms with Crippen molar-refractivity contribution in [2.75, 3.05) is 19.6 Å². The summed E-state index contributed by atoms with van der Waals surface area (Å²) in [5, 5.41) is 3.46. The van der Waals surface area contributed by atoms with E-state index in [0.717, 1.165) is 18.5 Å². The highest BCUT2D eigenvalue weighted by atomic mass is 15.2. The van der Waals surface area contributed by atoms with Crippen molar-refractivity contribution in [3.05, 3.63) is 0 Å². The van der Waals surface area contributed by atoms with Crippen molar-refractivity contribution in [3.8, 4) is 0 Å². The number of hydrogen-bond acceptors (Lipinski definition) is 2. The van der Waals surface area contributed by atoms with E-state index in [1.807, 2.05) is 0 Å². The first-order valence-corrected chi connectivity index (χ1v) is 5.08. The summed E-state index contributed by atoms with van der Waals surface area (Å²) in [5.41, 5.74) is 0. The Hall–Kier alpha value is -0.0800. The number of nitrogens with zero attached hydrogens (tertiary/aromatic N) is 1. The second kappa shape index (κ2) is 4.24. The van der Waals surface area contributed by atoms with Gasteiger partial charge in [0.2, 0.25) is 0 Å². The minimum atomic E-state index is 0.667. The first-order valence-electron chi connectivity index (χ1n) is 5.08. The monoisotopic (exact) mass is 170 g/mol. The fraction of sp³-hybridized carbons (Fsp3) is 1.00. The Morgan fingerprint density at radius 1 is 1.33 bits per heavy atom. The fourth-order valence-electron chi connectivity index (χ4n) is 1.75. The molecule has 2 heteroatoms. The van der Waals surface area contributed by atoms with Crippen LogP contribution in [0.15, 0.2) is 0 Å². The summed E-state index contributed by atoms with van der Waals surface area (Å²) in [6, 6.07) is 1.40. The van der Waals surface area contributed by atoms with Gasteiger partial charge in [0.25, 0.3) is 0 Å². The molecular formula is C10H22N2. The lowest BCUT2D eigenvalue weighted by Gasteiger charge is -2.37. The normalized spacial score (nSPS) is 29.2. The molecule has 0 aliphatic carbocycles. The Morgan fingerprint density at radius 2 is 2.00 bits per heavy atom. The van der Waals surface area contributed by atoms with Gasteiger partial charge in [0.15, 0.2) is 0 Å². The van der Waals surface area contributed by atoms with Crippen LogP contribution >= 0.6 is 0 Å². The van der Waals surface area contributed by atoms with Crippen molar-refractivity contribution < 1.29 is 0 Å². The van der Waals surface area contributed by atoms with Crippen LogP contribution in [0.3, 0.4) is 0 Å². The fourth-order valence-corrected chi connectivity index (χ4v) is 1.75. The smallest absolute Gasteiger partial charge is 0.0167 e. The third-order valence-electron chi connectivity index (χ3n) is 2.94. The molecule has 0 spiro atoms. The van der Waals surface area contributed by atoms with Gasteiger partial charge in [-0.1, -0.05) is 13.8 Å². The van der Waals surface area contributed by atoms with Crippen LogP contribution in [0.1, 0.15) is 27.7 Å². The zero-order valence-corrected chi connectivity index (χ0v) is 8.80. The van der Waals surface area contributed by atoms with Crippen LogP contribution in [0.4, 0.5) is 0 Å². The van der Waals surface area contributed by atoms with E-state index in [-0.39, 0.29) is 0 Å². The molecule has 0 aromatic carbocycles. The third kappa shape index (κ3) is 2.46. The quantitative estimate of drug-likeness (QED) is 0.672. The molecule has 1 N–H and O–H groups in total.